The zero-order valence-corrected chi connectivity index (χ0v) is 10.5. The Morgan fingerprint density at radius 1 is 1.29 bits per heavy atom. The van der Waals surface area contributed by atoms with E-state index in [-0.39, 0.29) is 0 Å². The van der Waals surface area contributed by atoms with E-state index in [0.29, 0.717) is 11.3 Å². The third-order valence-corrected chi connectivity index (χ3v) is 4.51. The molecule has 17 heavy (non-hydrogen) atoms. The van der Waals surface area contributed by atoms with E-state index in [2.05, 4.69) is 0 Å². The van der Waals surface area contributed by atoms with Crippen molar-refractivity contribution in [2.45, 2.75) is 10.3 Å². The molecule has 0 aliphatic carbocycles. The second-order valence-electron chi connectivity index (χ2n) is 3.52. The van der Waals surface area contributed by atoms with Crippen molar-refractivity contribution < 1.29 is 8.78 Å². The second-order valence-corrected chi connectivity index (χ2v) is 5.78. The third kappa shape index (κ3) is 3.28. The largest absolute Gasteiger partial charge is 0.323 e. The molecule has 1 heterocycles. The van der Waals surface area contributed by atoms with Gasteiger partial charge >= 0.3 is 0 Å². The van der Waals surface area contributed by atoms with E-state index < -0.39 is 17.7 Å². The molecule has 2 rings (SSSR count). The number of rotatable bonds is 4. The number of thioether (sulfide) groups is 1. The van der Waals surface area contributed by atoms with E-state index in [9.17, 15) is 8.78 Å². The molecule has 5 heteroatoms. The van der Waals surface area contributed by atoms with Crippen molar-refractivity contribution in [1.29, 1.82) is 0 Å². The van der Waals surface area contributed by atoms with Crippen molar-refractivity contribution in [2.24, 2.45) is 5.73 Å². The van der Waals surface area contributed by atoms with Crippen LogP contribution >= 0.6 is 23.1 Å². The monoisotopic (exact) mass is 271 g/mol. The number of halogens is 2. The SMILES string of the molecule is NC(CSc1cccs1)c1ccc(F)cc1F. The van der Waals surface area contributed by atoms with Crippen LogP contribution in [0, 0.1) is 11.6 Å². The molecule has 0 aliphatic rings. The van der Waals surface area contributed by atoms with Gasteiger partial charge in [-0.1, -0.05) is 12.1 Å². The molecule has 2 N–H and O–H groups in total. The minimum absolute atomic E-state index is 0.357. The highest BCUT2D eigenvalue weighted by Crippen LogP contribution is 2.28. The lowest BCUT2D eigenvalue weighted by molar-refractivity contribution is 0.563. The smallest absolute Gasteiger partial charge is 0.130 e. The highest BCUT2D eigenvalue weighted by atomic mass is 32.2. The summed E-state index contributed by atoms with van der Waals surface area (Å²) in [5.74, 6) is -0.586. The fraction of sp³-hybridized carbons (Fsp3) is 0.167. The van der Waals surface area contributed by atoms with Crippen LogP contribution in [0.5, 0.6) is 0 Å². The van der Waals surface area contributed by atoms with Crippen LogP contribution in [0.3, 0.4) is 0 Å². The van der Waals surface area contributed by atoms with Crippen molar-refractivity contribution in [3.63, 3.8) is 0 Å². The van der Waals surface area contributed by atoms with Gasteiger partial charge in [0.1, 0.15) is 11.6 Å². The molecule has 1 aromatic carbocycles. The van der Waals surface area contributed by atoms with Gasteiger partial charge in [0.25, 0.3) is 0 Å². The first-order valence-electron chi connectivity index (χ1n) is 5.03. The average Bonchev–Trinajstić information content (AvgIpc) is 2.78. The summed E-state index contributed by atoms with van der Waals surface area (Å²) in [4.78, 5) is 0. The summed E-state index contributed by atoms with van der Waals surface area (Å²) in [7, 11) is 0. The number of hydrogen-bond donors (Lipinski definition) is 1. The van der Waals surface area contributed by atoms with Gasteiger partial charge in [-0.3, -0.25) is 0 Å². The van der Waals surface area contributed by atoms with E-state index in [4.69, 9.17) is 5.73 Å². The Kier molecular flexibility index (Phi) is 4.15. The summed E-state index contributed by atoms with van der Waals surface area (Å²) in [6, 6.07) is 7.02. The zero-order chi connectivity index (χ0) is 12.3. The maximum Gasteiger partial charge on any atom is 0.130 e. The Bertz CT molecular complexity index is 485. The summed E-state index contributed by atoms with van der Waals surface area (Å²) < 4.78 is 27.3. The van der Waals surface area contributed by atoms with Gasteiger partial charge in [0.2, 0.25) is 0 Å². The Balaban J connectivity index is 2.01. The maximum atomic E-state index is 13.4. The summed E-state index contributed by atoms with van der Waals surface area (Å²) in [5.41, 5.74) is 6.24. The minimum Gasteiger partial charge on any atom is -0.323 e. The van der Waals surface area contributed by atoms with E-state index in [1.54, 1.807) is 23.1 Å². The van der Waals surface area contributed by atoms with Crippen LogP contribution < -0.4 is 5.73 Å². The lowest BCUT2D eigenvalue weighted by Gasteiger charge is -2.11. The predicted octanol–water partition coefficient (Wildman–Crippen LogP) is 3.82. The van der Waals surface area contributed by atoms with Crippen molar-refractivity contribution in [1.82, 2.24) is 0 Å². The van der Waals surface area contributed by atoms with Gasteiger partial charge in [0.15, 0.2) is 0 Å². The highest BCUT2D eigenvalue weighted by molar-refractivity contribution is 8.01. The molecule has 1 atom stereocenters. The fourth-order valence-electron chi connectivity index (χ4n) is 1.41. The van der Waals surface area contributed by atoms with E-state index >= 15 is 0 Å². The summed E-state index contributed by atoms with van der Waals surface area (Å²) >= 11 is 3.20. The van der Waals surface area contributed by atoms with Gasteiger partial charge in [-0.05, 0) is 17.5 Å². The molecule has 0 radical (unpaired) electrons. The van der Waals surface area contributed by atoms with Crippen LogP contribution in [0.1, 0.15) is 11.6 Å². The standard InChI is InChI=1S/C12H11F2NS2/c13-8-3-4-9(10(14)6-8)11(15)7-17-12-2-1-5-16-12/h1-6,11H,7,15H2. The predicted molar refractivity (Wildman–Crippen MR) is 68.3 cm³/mol. The lowest BCUT2D eigenvalue weighted by atomic mass is 10.1. The van der Waals surface area contributed by atoms with Crippen LogP contribution in [-0.2, 0) is 0 Å². The molecule has 0 bridgehead atoms. The normalized spacial score (nSPS) is 12.6. The molecular formula is C12H11F2NS2. The average molecular weight is 271 g/mol. The second kappa shape index (κ2) is 5.62. The van der Waals surface area contributed by atoms with Gasteiger partial charge in [-0.25, -0.2) is 8.78 Å². The number of benzene rings is 1. The summed E-state index contributed by atoms with van der Waals surface area (Å²) in [6.07, 6.45) is 0. The van der Waals surface area contributed by atoms with E-state index in [0.717, 1.165) is 10.3 Å². The first-order chi connectivity index (χ1) is 8.16. The molecule has 90 valence electrons. The molecular weight excluding hydrogens is 260 g/mol. The highest BCUT2D eigenvalue weighted by Gasteiger charge is 2.12. The molecule has 1 unspecified atom stereocenters. The van der Waals surface area contributed by atoms with Gasteiger partial charge in [-0.2, -0.15) is 0 Å². The molecule has 1 nitrogen and oxygen atoms in total. The van der Waals surface area contributed by atoms with Gasteiger partial charge in [0.05, 0.1) is 4.21 Å². The Morgan fingerprint density at radius 3 is 2.76 bits per heavy atom. The first kappa shape index (κ1) is 12.5. The summed E-state index contributed by atoms with van der Waals surface area (Å²) in [6.45, 7) is 0. The third-order valence-electron chi connectivity index (χ3n) is 2.26. The first-order valence-corrected chi connectivity index (χ1v) is 6.90. The molecule has 0 fully saturated rings. The number of thiophene rings is 1. The molecule has 0 amide bonds. The summed E-state index contributed by atoms with van der Waals surface area (Å²) in [5, 5.41) is 1.98. The van der Waals surface area contributed by atoms with Crippen LogP contribution in [-0.4, -0.2) is 5.75 Å². The Morgan fingerprint density at radius 2 is 2.12 bits per heavy atom. The van der Waals surface area contributed by atoms with Gasteiger partial charge in [-0.15, -0.1) is 23.1 Å². The molecule has 0 saturated heterocycles. The van der Waals surface area contributed by atoms with Crippen molar-refractivity contribution in [2.75, 3.05) is 5.75 Å². The van der Waals surface area contributed by atoms with Gasteiger partial charge < -0.3 is 5.73 Å². The minimum atomic E-state index is -0.579. The Labute approximate surface area is 107 Å². The van der Waals surface area contributed by atoms with Crippen LogP contribution in [0.15, 0.2) is 39.9 Å². The molecule has 0 saturated carbocycles. The zero-order valence-electron chi connectivity index (χ0n) is 8.90. The van der Waals surface area contributed by atoms with Crippen LogP contribution in [0.2, 0.25) is 0 Å². The Hall–Kier alpha value is -0.910. The maximum absolute atomic E-state index is 13.4. The fourth-order valence-corrected chi connectivity index (χ4v) is 3.20. The van der Waals surface area contributed by atoms with Crippen LogP contribution in [0.25, 0.3) is 0 Å². The van der Waals surface area contributed by atoms with Crippen molar-refractivity contribution in [3.8, 4) is 0 Å². The molecule has 0 aliphatic heterocycles. The molecule has 2 aromatic rings. The quantitative estimate of drug-likeness (QED) is 0.856. The van der Waals surface area contributed by atoms with E-state index in [1.165, 1.54) is 12.1 Å². The van der Waals surface area contributed by atoms with E-state index in [1.807, 2.05) is 17.5 Å². The van der Waals surface area contributed by atoms with Crippen LogP contribution in [0.4, 0.5) is 8.78 Å². The topological polar surface area (TPSA) is 26.0 Å². The number of nitrogens with two attached hydrogens (primary N) is 1. The molecule has 1 aromatic heterocycles. The van der Waals surface area contributed by atoms with Crippen molar-refractivity contribution >= 4 is 23.1 Å². The molecule has 0 spiro atoms. The van der Waals surface area contributed by atoms with Gasteiger partial charge in [0, 0.05) is 23.4 Å². The number of hydrogen-bond acceptors (Lipinski definition) is 3. The lowest BCUT2D eigenvalue weighted by Crippen LogP contribution is -2.14. The van der Waals surface area contributed by atoms with Crippen molar-refractivity contribution in [3.05, 3.63) is 52.9 Å².